The molecule has 0 aliphatic carbocycles. The number of furan rings is 1. The predicted molar refractivity (Wildman–Crippen MR) is 63.1 cm³/mol. The fourth-order valence-corrected chi connectivity index (χ4v) is 1.88. The average Bonchev–Trinajstić information content (AvgIpc) is 2.73. The minimum Gasteiger partial charge on any atom is -0.464 e. The molecule has 0 fully saturated rings. The minimum atomic E-state index is 0.564. The van der Waals surface area contributed by atoms with Gasteiger partial charge in [-0.15, -0.1) is 0 Å². The molecule has 0 amide bonds. The third-order valence-corrected chi connectivity index (χ3v) is 2.90. The average molecular weight is 203 g/mol. The molecule has 1 unspecified atom stereocenters. The van der Waals surface area contributed by atoms with Crippen LogP contribution in [-0.2, 0) is 6.42 Å². The van der Waals surface area contributed by atoms with Crippen molar-refractivity contribution in [2.24, 2.45) is 0 Å². The van der Waals surface area contributed by atoms with Crippen molar-refractivity contribution in [1.29, 1.82) is 0 Å². The highest BCUT2D eigenvalue weighted by molar-refractivity contribution is 5.77. The summed E-state index contributed by atoms with van der Waals surface area (Å²) >= 11 is 0. The van der Waals surface area contributed by atoms with Crippen LogP contribution in [0.2, 0.25) is 0 Å². The molecule has 0 aliphatic heterocycles. The van der Waals surface area contributed by atoms with Gasteiger partial charge in [-0.25, -0.2) is 0 Å². The van der Waals surface area contributed by atoms with Crippen molar-refractivity contribution in [3.63, 3.8) is 0 Å². The number of fused-ring (bicyclic) bond motifs is 1. The van der Waals surface area contributed by atoms with E-state index in [1.165, 1.54) is 10.9 Å². The lowest BCUT2D eigenvalue weighted by atomic mass is 10.0. The SMILES string of the molecule is CCC(Cc1ccc2occc2c1)NC. The molecule has 0 bridgehead atoms. The van der Waals surface area contributed by atoms with Gasteiger partial charge in [0, 0.05) is 11.4 Å². The molecule has 2 nitrogen and oxygen atoms in total. The molecule has 0 saturated carbocycles. The minimum absolute atomic E-state index is 0.564. The molecule has 0 spiro atoms. The second kappa shape index (κ2) is 4.49. The lowest BCUT2D eigenvalue weighted by Gasteiger charge is -2.13. The fraction of sp³-hybridized carbons (Fsp3) is 0.385. The van der Waals surface area contributed by atoms with Gasteiger partial charge in [0.2, 0.25) is 0 Å². The lowest BCUT2D eigenvalue weighted by molar-refractivity contribution is 0.543. The molecule has 2 aromatic rings. The number of benzene rings is 1. The molecular weight excluding hydrogens is 186 g/mol. The van der Waals surface area contributed by atoms with Crippen LogP contribution in [0.1, 0.15) is 18.9 Å². The monoisotopic (exact) mass is 203 g/mol. The molecule has 1 aromatic heterocycles. The van der Waals surface area contributed by atoms with Crippen molar-refractivity contribution in [3.05, 3.63) is 36.1 Å². The van der Waals surface area contributed by atoms with Gasteiger partial charge in [0.05, 0.1) is 6.26 Å². The topological polar surface area (TPSA) is 25.2 Å². The maximum atomic E-state index is 5.31. The first-order valence-corrected chi connectivity index (χ1v) is 5.47. The van der Waals surface area contributed by atoms with Crippen molar-refractivity contribution in [2.45, 2.75) is 25.8 Å². The van der Waals surface area contributed by atoms with Crippen LogP contribution in [0.25, 0.3) is 11.0 Å². The van der Waals surface area contributed by atoms with Gasteiger partial charge < -0.3 is 9.73 Å². The van der Waals surface area contributed by atoms with E-state index in [0.29, 0.717) is 6.04 Å². The summed E-state index contributed by atoms with van der Waals surface area (Å²) in [4.78, 5) is 0. The van der Waals surface area contributed by atoms with E-state index in [4.69, 9.17) is 4.42 Å². The summed E-state index contributed by atoms with van der Waals surface area (Å²) in [5.41, 5.74) is 2.33. The Morgan fingerprint density at radius 2 is 2.20 bits per heavy atom. The molecule has 0 aliphatic rings. The summed E-state index contributed by atoms with van der Waals surface area (Å²) in [6, 6.07) is 8.98. The van der Waals surface area contributed by atoms with Gasteiger partial charge in [0.25, 0.3) is 0 Å². The van der Waals surface area contributed by atoms with Crippen LogP contribution in [0.4, 0.5) is 0 Å². The van der Waals surface area contributed by atoms with Crippen LogP contribution in [0, 0.1) is 0 Å². The Hall–Kier alpha value is -1.28. The van der Waals surface area contributed by atoms with Crippen LogP contribution >= 0.6 is 0 Å². The van der Waals surface area contributed by atoms with Gasteiger partial charge in [0.1, 0.15) is 5.58 Å². The summed E-state index contributed by atoms with van der Waals surface area (Å²) in [6.07, 6.45) is 3.97. The molecule has 1 N–H and O–H groups in total. The van der Waals surface area contributed by atoms with Gasteiger partial charge in [0.15, 0.2) is 0 Å². The zero-order valence-corrected chi connectivity index (χ0v) is 9.29. The largest absolute Gasteiger partial charge is 0.464 e. The highest BCUT2D eigenvalue weighted by Gasteiger charge is 2.05. The van der Waals surface area contributed by atoms with E-state index < -0.39 is 0 Å². The van der Waals surface area contributed by atoms with Gasteiger partial charge >= 0.3 is 0 Å². The van der Waals surface area contributed by atoms with E-state index >= 15 is 0 Å². The van der Waals surface area contributed by atoms with Gasteiger partial charge in [-0.2, -0.15) is 0 Å². The van der Waals surface area contributed by atoms with Crippen molar-refractivity contribution in [2.75, 3.05) is 7.05 Å². The molecule has 1 atom stereocenters. The summed E-state index contributed by atoms with van der Waals surface area (Å²) in [5.74, 6) is 0. The molecule has 1 aromatic carbocycles. The van der Waals surface area contributed by atoms with Crippen LogP contribution < -0.4 is 5.32 Å². The van der Waals surface area contributed by atoms with E-state index in [0.717, 1.165) is 18.4 Å². The fourth-order valence-electron chi connectivity index (χ4n) is 1.88. The zero-order chi connectivity index (χ0) is 10.7. The lowest BCUT2D eigenvalue weighted by Crippen LogP contribution is -2.26. The molecule has 15 heavy (non-hydrogen) atoms. The standard InChI is InChI=1S/C13H17NO/c1-3-12(14-2)9-10-4-5-13-11(8-10)6-7-15-13/h4-8,12,14H,3,9H2,1-2H3. The van der Waals surface area contributed by atoms with Crippen molar-refractivity contribution in [3.8, 4) is 0 Å². The van der Waals surface area contributed by atoms with E-state index in [1.54, 1.807) is 6.26 Å². The second-order valence-electron chi connectivity index (χ2n) is 3.89. The Bertz CT molecular complexity index is 429. The summed E-state index contributed by atoms with van der Waals surface area (Å²) in [6.45, 7) is 2.21. The zero-order valence-electron chi connectivity index (χ0n) is 9.29. The summed E-state index contributed by atoms with van der Waals surface area (Å²) < 4.78 is 5.31. The third-order valence-electron chi connectivity index (χ3n) is 2.90. The second-order valence-corrected chi connectivity index (χ2v) is 3.89. The van der Waals surface area contributed by atoms with Crippen LogP contribution in [0.5, 0.6) is 0 Å². The first-order valence-electron chi connectivity index (χ1n) is 5.47. The highest BCUT2D eigenvalue weighted by Crippen LogP contribution is 2.18. The molecule has 1 heterocycles. The molecule has 0 saturated heterocycles. The predicted octanol–water partition coefficient (Wildman–Crippen LogP) is 2.97. The van der Waals surface area contributed by atoms with Crippen LogP contribution in [-0.4, -0.2) is 13.1 Å². The van der Waals surface area contributed by atoms with E-state index in [2.05, 4.69) is 24.4 Å². The highest BCUT2D eigenvalue weighted by atomic mass is 16.3. The van der Waals surface area contributed by atoms with Crippen molar-refractivity contribution >= 4 is 11.0 Å². The first kappa shape index (κ1) is 10.2. The Kier molecular flexibility index (Phi) is 3.07. The molecular formula is C13H17NO. The maximum Gasteiger partial charge on any atom is 0.133 e. The molecule has 80 valence electrons. The normalized spacial score (nSPS) is 13.2. The Balaban J connectivity index is 2.20. The number of rotatable bonds is 4. The number of likely N-dealkylation sites (N-methyl/N-ethyl adjacent to an activating group) is 1. The van der Waals surface area contributed by atoms with E-state index in [9.17, 15) is 0 Å². The number of hydrogen-bond acceptors (Lipinski definition) is 2. The van der Waals surface area contributed by atoms with Crippen LogP contribution in [0.15, 0.2) is 34.9 Å². The Morgan fingerprint density at radius 1 is 1.33 bits per heavy atom. The summed E-state index contributed by atoms with van der Waals surface area (Å²) in [5, 5.41) is 4.51. The number of nitrogens with one attached hydrogen (secondary N) is 1. The number of hydrogen-bond donors (Lipinski definition) is 1. The van der Waals surface area contributed by atoms with E-state index in [-0.39, 0.29) is 0 Å². The molecule has 2 heteroatoms. The van der Waals surface area contributed by atoms with Gasteiger partial charge in [-0.3, -0.25) is 0 Å². The Morgan fingerprint density at radius 3 is 2.93 bits per heavy atom. The maximum absolute atomic E-state index is 5.31. The third kappa shape index (κ3) is 2.21. The van der Waals surface area contributed by atoms with Gasteiger partial charge in [-0.05, 0) is 43.7 Å². The summed E-state index contributed by atoms with van der Waals surface area (Å²) in [7, 11) is 2.02. The van der Waals surface area contributed by atoms with Crippen LogP contribution in [0.3, 0.4) is 0 Å². The van der Waals surface area contributed by atoms with E-state index in [1.807, 2.05) is 19.2 Å². The van der Waals surface area contributed by atoms with Crippen molar-refractivity contribution in [1.82, 2.24) is 5.32 Å². The smallest absolute Gasteiger partial charge is 0.133 e. The Labute approximate surface area is 90.3 Å². The molecule has 0 radical (unpaired) electrons. The first-order chi connectivity index (χ1) is 7.33. The van der Waals surface area contributed by atoms with Crippen molar-refractivity contribution < 1.29 is 4.42 Å². The molecule has 2 rings (SSSR count). The van der Waals surface area contributed by atoms with Gasteiger partial charge in [-0.1, -0.05) is 13.0 Å². The quantitative estimate of drug-likeness (QED) is 0.826.